The van der Waals surface area contributed by atoms with Crippen molar-refractivity contribution in [2.24, 2.45) is 0 Å². The lowest BCUT2D eigenvalue weighted by atomic mass is 10.1. The van der Waals surface area contributed by atoms with Crippen LogP contribution in [0.2, 0.25) is 5.02 Å². The van der Waals surface area contributed by atoms with Crippen LogP contribution in [0.1, 0.15) is 27.0 Å². The number of carboxylic acid groups (broad SMARTS) is 1. The van der Waals surface area contributed by atoms with Gasteiger partial charge < -0.3 is 15.2 Å². The molecule has 3 aromatic carbocycles. The zero-order valence-electron chi connectivity index (χ0n) is 14.7. The fourth-order valence-electron chi connectivity index (χ4n) is 2.61. The summed E-state index contributed by atoms with van der Waals surface area (Å²) in [5, 5.41) is 13.0. The molecule has 3 aromatic rings. The van der Waals surface area contributed by atoms with Crippen LogP contribution in [0.5, 0.6) is 5.75 Å². The van der Waals surface area contributed by atoms with E-state index in [0.29, 0.717) is 23.7 Å². The van der Waals surface area contributed by atoms with Crippen molar-refractivity contribution in [1.29, 1.82) is 0 Å². The normalized spacial score (nSPS) is 10.6. The molecule has 5 heteroatoms. The Morgan fingerprint density at radius 3 is 2.11 bits per heavy atom. The van der Waals surface area contributed by atoms with Crippen molar-refractivity contribution in [3.05, 3.63) is 100 Å². The smallest absolute Gasteiger partial charge is 0.335 e. The van der Waals surface area contributed by atoms with Crippen LogP contribution in [0, 0.1) is 0 Å². The second-order valence-corrected chi connectivity index (χ2v) is 6.60. The van der Waals surface area contributed by atoms with Gasteiger partial charge in [-0.05, 0) is 53.1 Å². The average Bonchev–Trinajstić information content (AvgIpc) is 2.68. The van der Waals surface area contributed by atoms with Gasteiger partial charge in [-0.25, -0.2) is 4.79 Å². The van der Waals surface area contributed by atoms with Crippen molar-refractivity contribution in [2.75, 3.05) is 0 Å². The summed E-state index contributed by atoms with van der Waals surface area (Å²) in [6.45, 7) is 1.87. The molecular formula is C22H20ClNO3. The molecule has 0 radical (unpaired) electrons. The summed E-state index contributed by atoms with van der Waals surface area (Å²) < 4.78 is 5.78. The molecule has 27 heavy (non-hydrogen) atoms. The molecule has 0 atom stereocenters. The molecule has 0 unspecified atom stereocenters. The number of benzene rings is 3. The number of ether oxygens (including phenoxy) is 1. The zero-order chi connectivity index (χ0) is 19.1. The van der Waals surface area contributed by atoms with Gasteiger partial charge in [0.2, 0.25) is 0 Å². The van der Waals surface area contributed by atoms with Crippen LogP contribution < -0.4 is 10.1 Å². The molecule has 0 aliphatic heterocycles. The van der Waals surface area contributed by atoms with Crippen LogP contribution in [-0.4, -0.2) is 11.1 Å². The summed E-state index contributed by atoms with van der Waals surface area (Å²) in [4.78, 5) is 10.8. The quantitative estimate of drug-likeness (QED) is 0.582. The first kappa shape index (κ1) is 19.0. The molecule has 0 amide bonds. The van der Waals surface area contributed by atoms with Gasteiger partial charge in [-0.15, -0.1) is 0 Å². The minimum Gasteiger partial charge on any atom is -0.489 e. The standard InChI is InChI=1S/C22H20ClNO3/c23-20-3-1-2-18(12-20)15-27-21-10-6-17(7-11-21)14-24-13-16-4-8-19(9-5-16)22(25)26/h1-12,24H,13-15H2,(H,25,26). The Bertz CT molecular complexity index is 892. The predicted molar refractivity (Wildman–Crippen MR) is 106 cm³/mol. The van der Waals surface area contributed by atoms with Crippen molar-refractivity contribution < 1.29 is 14.6 Å². The van der Waals surface area contributed by atoms with Gasteiger partial charge in [-0.1, -0.05) is 48.0 Å². The summed E-state index contributed by atoms with van der Waals surface area (Å²) in [6, 6.07) is 22.4. The highest BCUT2D eigenvalue weighted by Crippen LogP contribution is 2.16. The molecule has 4 nitrogen and oxygen atoms in total. The molecule has 0 bridgehead atoms. The van der Waals surface area contributed by atoms with E-state index in [0.717, 1.165) is 29.0 Å². The molecule has 0 heterocycles. The molecule has 0 saturated carbocycles. The Hall–Kier alpha value is -2.82. The summed E-state index contributed by atoms with van der Waals surface area (Å²) in [5.74, 6) is -0.102. The van der Waals surface area contributed by atoms with Crippen molar-refractivity contribution >= 4 is 17.6 Å². The third kappa shape index (κ3) is 5.84. The largest absolute Gasteiger partial charge is 0.489 e. The van der Waals surface area contributed by atoms with Gasteiger partial charge in [0.1, 0.15) is 12.4 Å². The number of halogens is 1. The Morgan fingerprint density at radius 2 is 1.52 bits per heavy atom. The maximum Gasteiger partial charge on any atom is 0.335 e. The Labute approximate surface area is 163 Å². The van der Waals surface area contributed by atoms with E-state index in [1.807, 2.05) is 60.7 Å². The van der Waals surface area contributed by atoms with Gasteiger partial charge in [0.15, 0.2) is 0 Å². The lowest BCUT2D eigenvalue weighted by Gasteiger charge is -2.09. The molecule has 0 saturated heterocycles. The molecule has 3 rings (SSSR count). The van der Waals surface area contributed by atoms with E-state index in [9.17, 15) is 4.79 Å². The van der Waals surface area contributed by atoms with Gasteiger partial charge in [0.05, 0.1) is 5.56 Å². The first-order chi connectivity index (χ1) is 13.1. The number of hydrogen-bond acceptors (Lipinski definition) is 3. The molecule has 0 aliphatic carbocycles. The zero-order valence-corrected chi connectivity index (χ0v) is 15.4. The Morgan fingerprint density at radius 1 is 0.889 bits per heavy atom. The maximum absolute atomic E-state index is 10.8. The number of hydrogen-bond donors (Lipinski definition) is 2. The van der Waals surface area contributed by atoms with E-state index >= 15 is 0 Å². The molecule has 0 spiro atoms. The van der Waals surface area contributed by atoms with Gasteiger partial charge >= 0.3 is 5.97 Å². The second kappa shape index (κ2) is 9.21. The summed E-state index contributed by atoms with van der Waals surface area (Å²) in [5.41, 5.74) is 3.52. The van der Waals surface area contributed by atoms with E-state index in [-0.39, 0.29) is 0 Å². The first-order valence-corrected chi connectivity index (χ1v) is 8.97. The molecule has 138 valence electrons. The first-order valence-electron chi connectivity index (χ1n) is 8.59. The van der Waals surface area contributed by atoms with Crippen LogP contribution in [0.25, 0.3) is 0 Å². The third-order valence-electron chi connectivity index (χ3n) is 4.08. The molecule has 0 aromatic heterocycles. The number of aromatic carboxylic acids is 1. The highest BCUT2D eigenvalue weighted by molar-refractivity contribution is 6.30. The van der Waals surface area contributed by atoms with E-state index in [1.165, 1.54) is 0 Å². The summed E-state index contributed by atoms with van der Waals surface area (Å²) in [7, 11) is 0. The van der Waals surface area contributed by atoms with Crippen molar-refractivity contribution in [3.63, 3.8) is 0 Å². The highest BCUT2D eigenvalue weighted by Gasteiger charge is 2.02. The van der Waals surface area contributed by atoms with E-state index in [2.05, 4.69) is 5.32 Å². The van der Waals surface area contributed by atoms with Gasteiger partial charge in [-0.2, -0.15) is 0 Å². The monoisotopic (exact) mass is 381 g/mol. The van der Waals surface area contributed by atoms with E-state index < -0.39 is 5.97 Å². The maximum atomic E-state index is 10.8. The summed E-state index contributed by atoms with van der Waals surface area (Å²) in [6.07, 6.45) is 0. The summed E-state index contributed by atoms with van der Waals surface area (Å²) >= 11 is 5.97. The number of carbonyl (C=O) groups is 1. The van der Waals surface area contributed by atoms with Gasteiger partial charge in [-0.3, -0.25) is 0 Å². The van der Waals surface area contributed by atoms with E-state index in [4.69, 9.17) is 21.4 Å². The highest BCUT2D eigenvalue weighted by atomic mass is 35.5. The van der Waals surface area contributed by atoms with Crippen LogP contribution in [-0.2, 0) is 19.7 Å². The fourth-order valence-corrected chi connectivity index (χ4v) is 2.83. The third-order valence-corrected chi connectivity index (χ3v) is 4.31. The Kier molecular flexibility index (Phi) is 6.47. The van der Waals surface area contributed by atoms with Crippen LogP contribution in [0.4, 0.5) is 0 Å². The second-order valence-electron chi connectivity index (χ2n) is 6.17. The van der Waals surface area contributed by atoms with Crippen molar-refractivity contribution in [1.82, 2.24) is 5.32 Å². The topological polar surface area (TPSA) is 58.6 Å². The number of carboxylic acids is 1. The molecule has 2 N–H and O–H groups in total. The van der Waals surface area contributed by atoms with Crippen LogP contribution in [0.15, 0.2) is 72.8 Å². The SMILES string of the molecule is O=C(O)c1ccc(CNCc2ccc(OCc3cccc(Cl)c3)cc2)cc1. The van der Waals surface area contributed by atoms with Gasteiger partial charge in [0, 0.05) is 18.1 Å². The molecule has 0 fully saturated rings. The van der Waals surface area contributed by atoms with Crippen LogP contribution in [0.3, 0.4) is 0 Å². The lowest BCUT2D eigenvalue weighted by Crippen LogP contribution is -2.12. The lowest BCUT2D eigenvalue weighted by molar-refractivity contribution is 0.0697. The predicted octanol–water partition coefficient (Wildman–Crippen LogP) is 4.91. The minimum atomic E-state index is -0.910. The number of nitrogens with one attached hydrogen (secondary N) is 1. The fraction of sp³-hybridized carbons (Fsp3) is 0.136. The molecular weight excluding hydrogens is 362 g/mol. The van der Waals surface area contributed by atoms with E-state index in [1.54, 1.807) is 12.1 Å². The van der Waals surface area contributed by atoms with Gasteiger partial charge in [0.25, 0.3) is 0 Å². The molecule has 0 aliphatic rings. The van der Waals surface area contributed by atoms with Crippen molar-refractivity contribution in [2.45, 2.75) is 19.7 Å². The Balaban J connectivity index is 1.45. The minimum absolute atomic E-state index is 0.298. The van der Waals surface area contributed by atoms with Crippen molar-refractivity contribution in [3.8, 4) is 5.75 Å². The van der Waals surface area contributed by atoms with Crippen LogP contribution >= 0.6 is 11.6 Å². The number of rotatable bonds is 8. The average molecular weight is 382 g/mol.